The van der Waals surface area contributed by atoms with E-state index < -0.39 is 0 Å². The Labute approximate surface area is 251 Å². The minimum absolute atomic E-state index is 0.742. The van der Waals surface area contributed by atoms with E-state index in [1.165, 1.54) is 55.2 Å². The first kappa shape index (κ1) is 25.2. The van der Waals surface area contributed by atoms with Gasteiger partial charge in [-0.15, -0.1) is 0 Å². The van der Waals surface area contributed by atoms with Gasteiger partial charge in [0, 0.05) is 57.2 Å². The van der Waals surface area contributed by atoms with E-state index in [9.17, 15) is 0 Å². The quantitative estimate of drug-likeness (QED) is 0.236. The molecule has 5 aromatic carbocycles. The van der Waals surface area contributed by atoms with Gasteiger partial charge >= 0.3 is 0 Å². The molecule has 0 amide bonds. The van der Waals surface area contributed by atoms with Crippen LogP contribution in [-0.4, -0.2) is 4.57 Å². The van der Waals surface area contributed by atoms with Crippen LogP contribution in [0.15, 0.2) is 152 Å². The van der Waals surface area contributed by atoms with Crippen LogP contribution in [0.2, 0.25) is 0 Å². The molecule has 0 unspecified atom stereocenters. The Morgan fingerprint density at radius 1 is 0.721 bits per heavy atom. The van der Waals surface area contributed by atoms with Crippen molar-refractivity contribution in [2.45, 2.75) is 13.0 Å². The van der Waals surface area contributed by atoms with Gasteiger partial charge in [0.25, 0.3) is 0 Å². The lowest BCUT2D eigenvalue weighted by Crippen LogP contribution is -2.15. The normalized spacial score (nSPS) is 16.4. The van der Waals surface area contributed by atoms with Gasteiger partial charge in [0.1, 0.15) is 0 Å². The summed E-state index contributed by atoms with van der Waals surface area (Å²) in [6.07, 6.45) is 11.1. The Morgan fingerprint density at radius 2 is 1.49 bits per heavy atom. The minimum atomic E-state index is 0.742. The number of hydrogen-bond acceptors (Lipinski definition) is 2. The summed E-state index contributed by atoms with van der Waals surface area (Å²) in [4.78, 5) is 2.28. The summed E-state index contributed by atoms with van der Waals surface area (Å²) < 4.78 is 2.45. The number of benzene rings is 5. The van der Waals surface area contributed by atoms with Crippen molar-refractivity contribution in [3.8, 4) is 11.1 Å². The van der Waals surface area contributed by atoms with Gasteiger partial charge in [0.2, 0.25) is 0 Å². The Hall–Kier alpha value is -5.54. The largest absolute Gasteiger partial charge is 0.404 e. The summed E-state index contributed by atoms with van der Waals surface area (Å²) in [5, 5.41) is 2.47. The molecule has 1 aliphatic heterocycles. The van der Waals surface area contributed by atoms with Gasteiger partial charge in [-0.2, -0.15) is 0 Å². The molecule has 8 rings (SSSR count). The minimum Gasteiger partial charge on any atom is -0.404 e. The fourth-order valence-electron chi connectivity index (χ4n) is 6.93. The molecule has 2 aliphatic rings. The van der Waals surface area contributed by atoms with Crippen molar-refractivity contribution in [2.75, 3.05) is 4.90 Å². The van der Waals surface area contributed by atoms with Crippen LogP contribution in [-0.2, 0) is 13.0 Å². The van der Waals surface area contributed by atoms with E-state index in [0.29, 0.717) is 0 Å². The third kappa shape index (κ3) is 3.97. The second-order valence-electron chi connectivity index (χ2n) is 11.2. The molecule has 0 saturated heterocycles. The van der Waals surface area contributed by atoms with Crippen LogP contribution >= 0.6 is 0 Å². The van der Waals surface area contributed by atoms with Gasteiger partial charge in [-0.1, -0.05) is 104 Å². The molecule has 206 valence electrons. The second kappa shape index (κ2) is 10.1. The summed E-state index contributed by atoms with van der Waals surface area (Å²) in [5.41, 5.74) is 20.5. The van der Waals surface area contributed by atoms with Crippen LogP contribution in [0.4, 0.5) is 11.4 Å². The smallest absolute Gasteiger partial charge is 0.0496 e. The molecule has 0 atom stereocenters. The molecule has 3 nitrogen and oxygen atoms in total. The molecular formula is C40H31N3. The van der Waals surface area contributed by atoms with E-state index in [4.69, 9.17) is 5.73 Å². The standard InChI is InChI=1S/C40H31N3/c1-27-12-3-2-4-13-28-14-5-9-20-37(28)43(27)30-22-23-39-35(24-30)33-18-8-10-21-38(33)42(39)26-29-15-11-19-34-31-16-6-7-17-32(31)36(25-41)40(29)34/h2-12,14-25H,1,13,26,41H2/b4-2-,12-3-,36-25-. The summed E-state index contributed by atoms with van der Waals surface area (Å²) >= 11 is 0. The molecule has 2 heterocycles. The maximum atomic E-state index is 6.26. The Bertz CT molecular complexity index is 2170. The molecule has 0 fully saturated rings. The van der Waals surface area contributed by atoms with E-state index in [0.717, 1.165) is 35.6 Å². The monoisotopic (exact) mass is 553 g/mol. The average Bonchev–Trinajstić information content (AvgIpc) is 3.56. The second-order valence-corrected chi connectivity index (χ2v) is 11.2. The van der Waals surface area contributed by atoms with Crippen molar-refractivity contribution in [3.63, 3.8) is 0 Å². The molecule has 2 N–H and O–H groups in total. The molecule has 6 aromatic rings. The maximum Gasteiger partial charge on any atom is 0.0496 e. The highest BCUT2D eigenvalue weighted by Gasteiger charge is 2.26. The average molecular weight is 554 g/mol. The van der Waals surface area contributed by atoms with Crippen LogP contribution < -0.4 is 10.6 Å². The first-order valence-electron chi connectivity index (χ1n) is 14.8. The van der Waals surface area contributed by atoms with Gasteiger partial charge in [0.05, 0.1) is 0 Å². The number of aromatic nitrogens is 1. The molecule has 1 aromatic heterocycles. The number of anilines is 2. The van der Waals surface area contributed by atoms with Gasteiger partial charge in [0.15, 0.2) is 0 Å². The predicted molar refractivity (Wildman–Crippen MR) is 181 cm³/mol. The zero-order valence-corrected chi connectivity index (χ0v) is 23.9. The molecule has 0 bridgehead atoms. The summed E-state index contributed by atoms with van der Waals surface area (Å²) in [6.45, 7) is 5.21. The third-order valence-corrected chi connectivity index (χ3v) is 8.83. The van der Waals surface area contributed by atoms with Crippen molar-refractivity contribution in [1.29, 1.82) is 0 Å². The number of nitrogens with two attached hydrogens (primary N) is 1. The zero-order chi connectivity index (χ0) is 28.9. The predicted octanol–water partition coefficient (Wildman–Crippen LogP) is 9.49. The molecule has 0 saturated carbocycles. The number of hydrogen-bond donors (Lipinski definition) is 1. The molecule has 0 radical (unpaired) electrons. The van der Waals surface area contributed by atoms with E-state index in [-0.39, 0.29) is 0 Å². The summed E-state index contributed by atoms with van der Waals surface area (Å²) in [6, 6.07) is 39.4. The van der Waals surface area contributed by atoms with Crippen LogP contribution in [0.1, 0.15) is 22.3 Å². The zero-order valence-electron chi connectivity index (χ0n) is 23.9. The topological polar surface area (TPSA) is 34.2 Å². The number of allylic oxidation sites excluding steroid dienone is 4. The van der Waals surface area contributed by atoms with Crippen molar-refractivity contribution in [2.24, 2.45) is 5.73 Å². The highest BCUT2D eigenvalue weighted by molar-refractivity contribution is 6.10. The van der Waals surface area contributed by atoms with Gasteiger partial charge in [-0.05, 0) is 76.2 Å². The van der Waals surface area contributed by atoms with Crippen LogP contribution in [0.3, 0.4) is 0 Å². The van der Waals surface area contributed by atoms with Crippen LogP contribution in [0.5, 0.6) is 0 Å². The van der Waals surface area contributed by atoms with Crippen molar-refractivity contribution >= 4 is 38.8 Å². The first-order chi connectivity index (χ1) is 21.2. The highest BCUT2D eigenvalue weighted by Crippen LogP contribution is 2.46. The number of rotatable bonds is 3. The van der Waals surface area contributed by atoms with E-state index in [1.807, 2.05) is 0 Å². The van der Waals surface area contributed by atoms with Gasteiger partial charge < -0.3 is 15.2 Å². The lowest BCUT2D eigenvalue weighted by atomic mass is 9.98. The lowest BCUT2D eigenvalue weighted by molar-refractivity contribution is 0.867. The SMILES string of the molecule is C=C1/C=C\C=C/Cc2ccccc2N1c1ccc2c(c1)c1ccccc1n2Cc1cccc2c1/C(=C\N)c1ccccc1-2. The molecule has 1 aliphatic carbocycles. The lowest BCUT2D eigenvalue weighted by Gasteiger charge is -2.27. The van der Waals surface area contributed by atoms with Crippen molar-refractivity contribution in [1.82, 2.24) is 4.57 Å². The fraction of sp³-hybridized carbons (Fsp3) is 0.0500. The Morgan fingerprint density at radius 3 is 2.40 bits per heavy atom. The first-order valence-corrected chi connectivity index (χ1v) is 14.8. The molecule has 0 spiro atoms. The number of nitrogens with zero attached hydrogens (tertiary/aromatic N) is 2. The molecular weight excluding hydrogens is 522 g/mol. The molecule has 3 heteroatoms. The summed E-state index contributed by atoms with van der Waals surface area (Å²) in [5.74, 6) is 0. The van der Waals surface area contributed by atoms with Crippen LogP contribution in [0, 0.1) is 0 Å². The number of fused-ring (bicyclic) bond motifs is 7. The van der Waals surface area contributed by atoms with Crippen LogP contribution in [0.25, 0.3) is 38.5 Å². The van der Waals surface area contributed by atoms with E-state index >= 15 is 0 Å². The Kier molecular flexibility index (Phi) is 5.90. The Balaban J connectivity index is 1.29. The highest BCUT2D eigenvalue weighted by atomic mass is 15.1. The fourth-order valence-corrected chi connectivity index (χ4v) is 6.93. The maximum absolute atomic E-state index is 6.26. The van der Waals surface area contributed by atoms with E-state index in [2.05, 4.69) is 150 Å². The van der Waals surface area contributed by atoms with E-state index in [1.54, 1.807) is 6.20 Å². The van der Waals surface area contributed by atoms with Crippen molar-refractivity contribution in [3.05, 3.63) is 174 Å². The molecule has 43 heavy (non-hydrogen) atoms. The van der Waals surface area contributed by atoms with Crippen molar-refractivity contribution < 1.29 is 0 Å². The third-order valence-electron chi connectivity index (χ3n) is 8.83. The number of para-hydroxylation sites is 2. The van der Waals surface area contributed by atoms with Gasteiger partial charge in [-0.25, -0.2) is 0 Å². The summed E-state index contributed by atoms with van der Waals surface area (Å²) in [7, 11) is 0. The van der Waals surface area contributed by atoms with Gasteiger partial charge in [-0.3, -0.25) is 0 Å².